The second-order valence-electron chi connectivity index (χ2n) is 7.88. The minimum atomic E-state index is -0.818. The highest BCUT2D eigenvalue weighted by Gasteiger charge is 2.22. The Balaban J connectivity index is 0.000000339. The fraction of sp³-hybridized carbons (Fsp3) is 0.545. The zero-order chi connectivity index (χ0) is 22.4. The number of ether oxygens (including phenoxy) is 1. The van der Waals surface area contributed by atoms with Gasteiger partial charge in [-0.2, -0.15) is 0 Å². The molecule has 2 aromatic rings. The lowest BCUT2D eigenvalue weighted by molar-refractivity contribution is -0.137. The van der Waals surface area contributed by atoms with Crippen molar-refractivity contribution in [2.45, 2.75) is 19.3 Å². The molecule has 1 aromatic carbocycles. The van der Waals surface area contributed by atoms with Crippen LogP contribution in [0.4, 0.5) is 11.5 Å². The summed E-state index contributed by atoms with van der Waals surface area (Å²) in [4.78, 5) is 21.7. The normalized spacial score (nSPS) is 17.0. The summed E-state index contributed by atoms with van der Waals surface area (Å²) >= 11 is 12.8. The SMILES string of the molecule is CN1CCN(c2cc(N3CCCC3)nc3c(Cl)c(Cl)ccc23)CC1.COCCC(=O)O. The van der Waals surface area contributed by atoms with E-state index in [0.29, 0.717) is 16.7 Å². The van der Waals surface area contributed by atoms with Crippen LogP contribution in [0.3, 0.4) is 0 Å². The average molecular weight is 469 g/mol. The van der Waals surface area contributed by atoms with E-state index >= 15 is 0 Å². The molecule has 31 heavy (non-hydrogen) atoms. The van der Waals surface area contributed by atoms with Crippen molar-refractivity contribution in [3.8, 4) is 0 Å². The molecular formula is C22H30Cl2N4O3. The van der Waals surface area contributed by atoms with Gasteiger partial charge in [-0.3, -0.25) is 4.79 Å². The van der Waals surface area contributed by atoms with Crippen molar-refractivity contribution in [2.75, 3.05) is 69.8 Å². The third kappa shape index (κ3) is 6.13. The highest BCUT2D eigenvalue weighted by atomic mass is 35.5. The topological polar surface area (TPSA) is 69.1 Å². The lowest BCUT2D eigenvalue weighted by Gasteiger charge is -2.35. The van der Waals surface area contributed by atoms with Crippen LogP contribution in [0.15, 0.2) is 18.2 Å². The maximum absolute atomic E-state index is 9.68. The zero-order valence-corrected chi connectivity index (χ0v) is 19.6. The molecule has 9 heteroatoms. The third-order valence-electron chi connectivity index (χ3n) is 5.63. The molecule has 0 spiro atoms. The number of methoxy groups -OCH3 is 1. The van der Waals surface area contributed by atoms with E-state index in [2.05, 4.69) is 38.6 Å². The molecule has 4 rings (SSSR count). The summed E-state index contributed by atoms with van der Waals surface area (Å²) in [7, 11) is 3.65. The first kappa shape index (κ1) is 23.9. The van der Waals surface area contributed by atoms with Crippen molar-refractivity contribution in [2.24, 2.45) is 0 Å². The second kappa shape index (κ2) is 11.2. The molecule has 0 bridgehead atoms. The van der Waals surface area contributed by atoms with Gasteiger partial charge in [-0.1, -0.05) is 23.2 Å². The number of halogens is 2. The molecule has 2 aliphatic heterocycles. The largest absolute Gasteiger partial charge is 0.481 e. The van der Waals surface area contributed by atoms with Gasteiger partial charge >= 0.3 is 5.97 Å². The van der Waals surface area contributed by atoms with Gasteiger partial charge in [0.15, 0.2) is 0 Å². The number of carboxylic acids is 1. The van der Waals surface area contributed by atoms with Gasteiger partial charge in [0.1, 0.15) is 5.82 Å². The second-order valence-corrected chi connectivity index (χ2v) is 8.66. The maximum atomic E-state index is 9.68. The van der Waals surface area contributed by atoms with Gasteiger partial charge in [0.2, 0.25) is 0 Å². The number of carbonyl (C=O) groups is 1. The van der Waals surface area contributed by atoms with E-state index < -0.39 is 5.97 Å². The Morgan fingerprint density at radius 2 is 1.77 bits per heavy atom. The number of rotatable bonds is 5. The fourth-order valence-electron chi connectivity index (χ4n) is 3.81. The van der Waals surface area contributed by atoms with Crippen molar-refractivity contribution in [1.29, 1.82) is 0 Å². The molecule has 0 unspecified atom stereocenters. The predicted molar refractivity (Wildman–Crippen MR) is 127 cm³/mol. The van der Waals surface area contributed by atoms with Crippen LogP contribution in [0, 0.1) is 0 Å². The van der Waals surface area contributed by atoms with Gasteiger partial charge in [0.05, 0.1) is 28.6 Å². The first-order valence-corrected chi connectivity index (χ1v) is 11.3. The number of anilines is 2. The Labute approximate surface area is 193 Å². The number of hydrogen-bond acceptors (Lipinski definition) is 6. The Morgan fingerprint density at radius 1 is 1.10 bits per heavy atom. The molecule has 2 saturated heterocycles. The Morgan fingerprint density at radius 3 is 2.35 bits per heavy atom. The fourth-order valence-corrected chi connectivity index (χ4v) is 4.17. The number of benzene rings is 1. The molecule has 2 fully saturated rings. The Bertz CT molecular complexity index is 898. The maximum Gasteiger partial charge on any atom is 0.305 e. The van der Waals surface area contributed by atoms with Crippen LogP contribution < -0.4 is 9.80 Å². The van der Waals surface area contributed by atoms with Gasteiger partial charge in [-0.05, 0) is 32.0 Å². The van der Waals surface area contributed by atoms with Gasteiger partial charge < -0.3 is 24.5 Å². The van der Waals surface area contributed by atoms with E-state index in [1.54, 1.807) is 0 Å². The third-order valence-corrected chi connectivity index (χ3v) is 6.43. The standard InChI is InChI=1S/C18H22Cl2N4.C4H8O3/c1-22-8-10-23(11-9-22)15-12-16(24-6-2-3-7-24)21-18-13(15)4-5-14(19)17(18)20;1-7-3-2-4(5)6/h4-5,12H,2-3,6-11H2,1H3;2-3H2,1H3,(H,5,6). The van der Waals surface area contributed by atoms with Crippen molar-refractivity contribution in [3.63, 3.8) is 0 Å². The number of pyridine rings is 1. The average Bonchev–Trinajstić information content (AvgIpc) is 3.30. The smallest absolute Gasteiger partial charge is 0.305 e. The first-order chi connectivity index (χ1) is 14.9. The van der Waals surface area contributed by atoms with Crippen LogP contribution in [0.25, 0.3) is 10.9 Å². The van der Waals surface area contributed by atoms with Gasteiger partial charge in [-0.25, -0.2) is 4.98 Å². The van der Waals surface area contributed by atoms with Gasteiger partial charge in [0.25, 0.3) is 0 Å². The number of fused-ring (bicyclic) bond motifs is 1. The molecule has 3 heterocycles. The summed E-state index contributed by atoms with van der Waals surface area (Å²) in [6.45, 7) is 6.63. The molecule has 0 atom stereocenters. The van der Waals surface area contributed by atoms with Crippen molar-refractivity contribution < 1.29 is 14.6 Å². The van der Waals surface area contributed by atoms with Crippen LogP contribution in [-0.4, -0.2) is 81.0 Å². The summed E-state index contributed by atoms with van der Waals surface area (Å²) in [6.07, 6.45) is 2.55. The molecule has 0 radical (unpaired) electrons. The van der Waals surface area contributed by atoms with Crippen molar-refractivity contribution in [1.82, 2.24) is 9.88 Å². The lowest BCUT2D eigenvalue weighted by atomic mass is 10.1. The highest BCUT2D eigenvalue weighted by Crippen LogP contribution is 2.37. The molecule has 1 aromatic heterocycles. The molecular weight excluding hydrogens is 439 g/mol. The van der Waals surface area contributed by atoms with Crippen LogP contribution in [0.2, 0.25) is 10.0 Å². The minimum Gasteiger partial charge on any atom is -0.481 e. The van der Waals surface area contributed by atoms with E-state index in [-0.39, 0.29) is 6.42 Å². The molecule has 7 nitrogen and oxygen atoms in total. The first-order valence-electron chi connectivity index (χ1n) is 10.6. The summed E-state index contributed by atoms with van der Waals surface area (Å²) in [5.74, 6) is 0.208. The van der Waals surface area contributed by atoms with E-state index in [4.69, 9.17) is 33.3 Å². The quantitative estimate of drug-likeness (QED) is 0.710. The van der Waals surface area contributed by atoms with Crippen molar-refractivity contribution >= 4 is 51.6 Å². The number of hydrogen-bond donors (Lipinski definition) is 1. The van der Waals surface area contributed by atoms with Crippen LogP contribution in [-0.2, 0) is 9.53 Å². The monoisotopic (exact) mass is 468 g/mol. The molecule has 0 aliphatic carbocycles. The highest BCUT2D eigenvalue weighted by molar-refractivity contribution is 6.45. The number of aromatic nitrogens is 1. The molecule has 170 valence electrons. The Hall–Kier alpha value is -1.80. The van der Waals surface area contributed by atoms with E-state index in [1.165, 1.54) is 25.6 Å². The number of piperazine rings is 1. The summed E-state index contributed by atoms with van der Waals surface area (Å²) in [6, 6.07) is 6.17. The van der Waals surface area contributed by atoms with Crippen LogP contribution in [0.5, 0.6) is 0 Å². The van der Waals surface area contributed by atoms with E-state index in [9.17, 15) is 4.79 Å². The minimum absolute atomic E-state index is 0.0938. The lowest BCUT2D eigenvalue weighted by Crippen LogP contribution is -2.44. The van der Waals surface area contributed by atoms with Gasteiger partial charge in [-0.15, -0.1) is 0 Å². The van der Waals surface area contributed by atoms with E-state index in [0.717, 1.165) is 56.0 Å². The number of likely N-dealkylation sites (N-methyl/N-ethyl adjacent to an activating group) is 1. The molecule has 2 aliphatic rings. The molecule has 0 amide bonds. The predicted octanol–water partition coefficient (Wildman–Crippen LogP) is 4.00. The van der Waals surface area contributed by atoms with Crippen LogP contribution >= 0.6 is 23.2 Å². The molecule has 1 N–H and O–H groups in total. The zero-order valence-electron chi connectivity index (χ0n) is 18.1. The summed E-state index contributed by atoms with van der Waals surface area (Å²) in [5.41, 5.74) is 2.05. The number of nitrogens with zero attached hydrogens (tertiary/aromatic N) is 4. The van der Waals surface area contributed by atoms with Crippen molar-refractivity contribution in [3.05, 3.63) is 28.2 Å². The van der Waals surface area contributed by atoms with Gasteiger partial charge in [0, 0.05) is 63.5 Å². The van der Waals surface area contributed by atoms with E-state index in [1.807, 2.05) is 6.07 Å². The van der Waals surface area contributed by atoms with Crippen LogP contribution in [0.1, 0.15) is 19.3 Å². The number of aliphatic carboxylic acids is 1. The molecule has 0 saturated carbocycles. The summed E-state index contributed by atoms with van der Waals surface area (Å²) < 4.78 is 4.47. The Kier molecular flexibility index (Phi) is 8.60. The summed E-state index contributed by atoms with van der Waals surface area (Å²) in [5, 5.41) is 10.2. The number of carboxylic acid groups (broad SMARTS) is 1.